The minimum absolute atomic E-state index is 0.124. The Morgan fingerprint density at radius 2 is 1.52 bits per heavy atom. The largest absolute Gasteiger partial charge is 0.369 e. The van der Waals surface area contributed by atoms with Crippen LogP contribution in [0.15, 0.2) is 42.5 Å². The Morgan fingerprint density at radius 1 is 0.968 bits per heavy atom. The molecule has 1 amide bonds. The second-order valence-electron chi connectivity index (χ2n) is 7.72. The molecule has 164 valence electrons. The summed E-state index contributed by atoms with van der Waals surface area (Å²) in [7, 11) is 0. The first-order valence-electron chi connectivity index (χ1n) is 10.0. The van der Waals surface area contributed by atoms with E-state index in [1.165, 1.54) is 0 Å². The molecule has 1 aliphatic heterocycles. The summed E-state index contributed by atoms with van der Waals surface area (Å²) in [6.45, 7) is 8.56. The summed E-state index contributed by atoms with van der Waals surface area (Å²) in [5.74, 6) is -0.610. The summed E-state index contributed by atoms with van der Waals surface area (Å²) in [6, 6.07) is 11.3. The Bertz CT molecular complexity index is 936. The van der Waals surface area contributed by atoms with E-state index in [1.54, 1.807) is 0 Å². The number of anilines is 1. The predicted octanol–water partition coefficient (Wildman–Crippen LogP) is 2.96. The van der Waals surface area contributed by atoms with Gasteiger partial charge >= 0.3 is 0 Å². The second kappa shape index (κ2) is 9.52. The molecule has 0 bridgehead atoms. The van der Waals surface area contributed by atoms with E-state index in [-0.39, 0.29) is 12.1 Å². The fourth-order valence-electron chi connectivity index (χ4n) is 3.54. The highest BCUT2D eigenvalue weighted by atomic mass is 16.6. The molecule has 2 aromatic rings. The second-order valence-corrected chi connectivity index (χ2v) is 7.72. The molecule has 0 saturated carbocycles. The number of nitro groups is 2. The third kappa shape index (κ3) is 5.54. The SMILES string of the molecule is CC(C)N1CCN(c2ccc(CNC(=O)c3cc([N+](=O)[O-])cc([N+](=O)[O-])c3)cc2)CC1. The first-order chi connectivity index (χ1) is 14.7. The molecule has 3 rings (SSSR count). The van der Waals surface area contributed by atoms with Crippen molar-refractivity contribution >= 4 is 23.0 Å². The van der Waals surface area contributed by atoms with Crippen LogP contribution in [-0.2, 0) is 6.54 Å². The lowest BCUT2D eigenvalue weighted by atomic mass is 10.1. The van der Waals surface area contributed by atoms with Crippen molar-refractivity contribution in [3.8, 4) is 0 Å². The molecule has 1 N–H and O–H groups in total. The molecular weight excluding hydrogens is 402 g/mol. The maximum atomic E-state index is 12.4. The van der Waals surface area contributed by atoms with Crippen molar-refractivity contribution in [2.75, 3.05) is 31.1 Å². The van der Waals surface area contributed by atoms with Gasteiger partial charge in [0.15, 0.2) is 0 Å². The average Bonchev–Trinajstić information content (AvgIpc) is 2.77. The molecule has 10 nitrogen and oxygen atoms in total. The fourth-order valence-corrected chi connectivity index (χ4v) is 3.54. The van der Waals surface area contributed by atoms with Crippen molar-refractivity contribution in [2.45, 2.75) is 26.4 Å². The zero-order valence-corrected chi connectivity index (χ0v) is 17.5. The molecule has 10 heteroatoms. The molecule has 0 radical (unpaired) electrons. The molecule has 0 aliphatic carbocycles. The predicted molar refractivity (Wildman–Crippen MR) is 116 cm³/mol. The van der Waals surface area contributed by atoms with E-state index < -0.39 is 27.1 Å². The van der Waals surface area contributed by atoms with E-state index in [1.807, 2.05) is 24.3 Å². The van der Waals surface area contributed by atoms with Gasteiger partial charge in [0.25, 0.3) is 17.3 Å². The zero-order chi connectivity index (χ0) is 22.5. The third-order valence-corrected chi connectivity index (χ3v) is 5.39. The van der Waals surface area contributed by atoms with E-state index in [2.05, 4.69) is 29.0 Å². The third-order valence-electron chi connectivity index (χ3n) is 5.39. The lowest BCUT2D eigenvalue weighted by molar-refractivity contribution is -0.394. The topological polar surface area (TPSA) is 122 Å². The normalized spacial score (nSPS) is 14.5. The van der Waals surface area contributed by atoms with Gasteiger partial charge in [0, 0.05) is 56.6 Å². The van der Waals surface area contributed by atoms with Crippen LogP contribution in [0.4, 0.5) is 17.1 Å². The molecule has 2 aromatic carbocycles. The van der Waals surface area contributed by atoms with Crippen LogP contribution in [0.5, 0.6) is 0 Å². The van der Waals surface area contributed by atoms with Crippen molar-refractivity contribution in [3.05, 3.63) is 73.8 Å². The van der Waals surface area contributed by atoms with E-state index in [0.717, 1.165) is 55.6 Å². The number of nitrogens with zero attached hydrogens (tertiary/aromatic N) is 4. The van der Waals surface area contributed by atoms with Gasteiger partial charge in [-0.3, -0.25) is 29.9 Å². The number of benzene rings is 2. The minimum Gasteiger partial charge on any atom is -0.369 e. The Morgan fingerprint density at radius 3 is 2.00 bits per heavy atom. The first-order valence-corrected chi connectivity index (χ1v) is 10.0. The van der Waals surface area contributed by atoms with Gasteiger partial charge in [-0.25, -0.2) is 0 Å². The van der Waals surface area contributed by atoms with Crippen molar-refractivity contribution < 1.29 is 14.6 Å². The zero-order valence-electron chi connectivity index (χ0n) is 17.5. The smallest absolute Gasteiger partial charge is 0.277 e. The highest BCUT2D eigenvalue weighted by Gasteiger charge is 2.20. The van der Waals surface area contributed by atoms with E-state index in [9.17, 15) is 25.0 Å². The number of hydrogen-bond acceptors (Lipinski definition) is 7. The van der Waals surface area contributed by atoms with Crippen LogP contribution in [0.3, 0.4) is 0 Å². The number of piperazine rings is 1. The van der Waals surface area contributed by atoms with Crippen molar-refractivity contribution in [1.82, 2.24) is 10.2 Å². The van der Waals surface area contributed by atoms with Crippen LogP contribution >= 0.6 is 0 Å². The number of non-ortho nitro benzene ring substituents is 2. The fraction of sp³-hybridized carbons (Fsp3) is 0.381. The molecule has 0 atom stereocenters. The number of carbonyl (C=O) groups is 1. The maximum Gasteiger partial charge on any atom is 0.277 e. The van der Waals surface area contributed by atoms with Crippen LogP contribution in [0, 0.1) is 20.2 Å². The number of nitro benzene ring substituents is 2. The van der Waals surface area contributed by atoms with Crippen molar-refractivity contribution in [1.29, 1.82) is 0 Å². The summed E-state index contributed by atoms with van der Waals surface area (Å²) >= 11 is 0. The van der Waals surface area contributed by atoms with Crippen molar-refractivity contribution in [2.24, 2.45) is 0 Å². The molecule has 1 aliphatic rings. The van der Waals surface area contributed by atoms with E-state index in [4.69, 9.17) is 0 Å². The quantitative estimate of drug-likeness (QED) is 0.532. The van der Waals surface area contributed by atoms with Gasteiger partial charge in [-0.2, -0.15) is 0 Å². The van der Waals surface area contributed by atoms with Gasteiger partial charge in [0.1, 0.15) is 0 Å². The molecule has 0 aromatic heterocycles. The van der Waals surface area contributed by atoms with Gasteiger partial charge in [0.2, 0.25) is 0 Å². The monoisotopic (exact) mass is 427 g/mol. The molecule has 1 saturated heterocycles. The van der Waals surface area contributed by atoms with Crippen LogP contribution < -0.4 is 10.2 Å². The van der Waals surface area contributed by atoms with Gasteiger partial charge < -0.3 is 10.2 Å². The maximum absolute atomic E-state index is 12.4. The summed E-state index contributed by atoms with van der Waals surface area (Å²) in [5, 5.41) is 24.6. The number of rotatable bonds is 7. The number of carbonyl (C=O) groups excluding carboxylic acids is 1. The van der Waals surface area contributed by atoms with E-state index in [0.29, 0.717) is 6.04 Å². The summed E-state index contributed by atoms with van der Waals surface area (Å²) in [5.41, 5.74) is 0.855. The Balaban J connectivity index is 1.61. The van der Waals surface area contributed by atoms with Gasteiger partial charge in [0.05, 0.1) is 21.5 Å². The molecular formula is C21H25N5O5. The van der Waals surface area contributed by atoms with Gasteiger partial charge in [-0.15, -0.1) is 0 Å². The highest BCUT2D eigenvalue weighted by Crippen LogP contribution is 2.23. The van der Waals surface area contributed by atoms with Crippen LogP contribution in [-0.4, -0.2) is 52.9 Å². The lowest BCUT2D eigenvalue weighted by Crippen LogP contribution is -2.48. The lowest BCUT2D eigenvalue weighted by Gasteiger charge is -2.38. The highest BCUT2D eigenvalue weighted by molar-refractivity contribution is 5.95. The Hall–Kier alpha value is -3.53. The summed E-state index contributed by atoms with van der Waals surface area (Å²) in [4.78, 5) is 37.6. The van der Waals surface area contributed by atoms with Crippen molar-refractivity contribution in [3.63, 3.8) is 0 Å². The summed E-state index contributed by atoms with van der Waals surface area (Å²) < 4.78 is 0. The van der Waals surface area contributed by atoms with Gasteiger partial charge in [-0.1, -0.05) is 12.1 Å². The number of hydrogen-bond donors (Lipinski definition) is 1. The first kappa shape index (κ1) is 22.2. The van der Waals surface area contributed by atoms with Crippen LogP contribution in [0.1, 0.15) is 29.8 Å². The van der Waals surface area contributed by atoms with Crippen LogP contribution in [0.2, 0.25) is 0 Å². The Kier molecular flexibility index (Phi) is 6.81. The molecule has 31 heavy (non-hydrogen) atoms. The van der Waals surface area contributed by atoms with Crippen LogP contribution in [0.25, 0.3) is 0 Å². The molecule has 1 heterocycles. The number of amides is 1. The minimum atomic E-state index is -0.760. The Labute approximate surface area is 179 Å². The van der Waals surface area contributed by atoms with E-state index >= 15 is 0 Å². The molecule has 1 fully saturated rings. The molecule has 0 unspecified atom stereocenters. The molecule has 0 spiro atoms. The standard InChI is InChI=1S/C21H25N5O5/c1-15(2)23-7-9-24(10-8-23)18-5-3-16(4-6-18)14-22-21(27)17-11-19(25(28)29)13-20(12-17)26(30)31/h3-6,11-13,15H,7-10,14H2,1-2H3,(H,22,27). The summed E-state index contributed by atoms with van der Waals surface area (Å²) in [6.07, 6.45) is 0. The number of nitrogens with one attached hydrogen (secondary N) is 1. The average molecular weight is 427 g/mol. The van der Waals surface area contributed by atoms with Gasteiger partial charge in [-0.05, 0) is 31.5 Å².